The Morgan fingerprint density at radius 2 is 2.04 bits per heavy atom. The molecule has 1 amide bonds. The minimum atomic E-state index is -4.50. The molecule has 9 heteroatoms. The molecule has 25 heavy (non-hydrogen) atoms. The van der Waals surface area contributed by atoms with Gasteiger partial charge in [-0.15, -0.1) is 0 Å². The third-order valence-electron chi connectivity index (χ3n) is 3.30. The van der Waals surface area contributed by atoms with E-state index in [2.05, 4.69) is 10.3 Å². The van der Waals surface area contributed by atoms with Crippen molar-refractivity contribution in [3.63, 3.8) is 0 Å². The number of benzene rings is 2. The summed E-state index contributed by atoms with van der Waals surface area (Å²) in [5, 5.41) is 2.88. The number of carbonyl (C=O) groups excluding carboxylic acids is 1. The summed E-state index contributed by atoms with van der Waals surface area (Å²) in [6.07, 6.45) is 0. The van der Waals surface area contributed by atoms with E-state index >= 15 is 0 Å². The van der Waals surface area contributed by atoms with Gasteiger partial charge in [0.1, 0.15) is 10.6 Å². The number of fused-ring (bicyclic) bond motifs is 1. The molecule has 3 rings (SSSR count). The number of carbonyl (C=O) groups is 1. The van der Waals surface area contributed by atoms with E-state index in [1.54, 1.807) is 12.1 Å². The molecular weight excluding hydrogens is 364 g/mol. The van der Waals surface area contributed by atoms with E-state index < -0.39 is 20.9 Å². The van der Waals surface area contributed by atoms with Crippen LogP contribution in [-0.4, -0.2) is 30.5 Å². The fourth-order valence-corrected chi connectivity index (χ4v) is 3.84. The minimum absolute atomic E-state index is 0.153. The predicted molar refractivity (Wildman–Crippen MR) is 95.0 cm³/mol. The van der Waals surface area contributed by atoms with Crippen LogP contribution in [0, 0.1) is 0 Å². The Balaban J connectivity index is 1.90. The average molecular weight is 378 g/mol. The summed E-state index contributed by atoms with van der Waals surface area (Å²) in [6.45, 7) is 2.43. The van der Waals surface area contributed by atoms with Gasteiger partial charge in [-0.25, -0.2) is 4.98 Å². The highest BCUT2D eigenvalue weighted by Gasteiger charge is 2.20. The number of hydrogen-bond donors (Lipinski definition) is 2. The molecule has 3 aromatic rings. The van der Waals surface area contributed by atoms with Crippen LogP contribution in [0.2, 0.25) is 0 Å². The molecule has 0 atom stereocenters. The highest BCUT2D eigenvalue weighted by Crippen LogP contribution is 2.30. The van der Waals surface area contributed by atoms with E-state index in [0.717, 1.165) is 10.8 Å². The number of rotatable bonds is 5. The Kier molecular flexibility index (Phi) is 4.71. The lowest BCUT2D eigenvalue weighted by Gasteiger charge is -2.05. The molecule has 0 unspecified atom stereocenters. The number of amides is 1. The molecule has 1 aromatic heterocycles. The van der Waals surface area contributed by atoms with Gasteiger partial charge in [0.25, 0.3) is 16.0 Å². The van der Waals surface area contributed by atoms with Crippen LogP contribution in [-0.2, 0) is 10.1 Å². The standard InChI is InChI=1S/C16H14N2O5S2/c1-2-23-10-7-8-12-13(9-10)24-16(17-12)18-15(19)11-5-3-4-6-14(11)25(20,21)22/h3-9H,2H2,1H3,(H,17,18,19)(H,20,21,22). The summed E-state index contributed by atoms with van der Waals surface area (Å²) in [6, 6.07) is 10.8. The largest absolute Gasteiger partial charge is 0.494 e. The molecule has 0 saturated heterocycles. The Labute approximate surface area is 148 Å². The highest BCUT2D eigenvalue weighted by molar-refractivity contribution is 7.86. The van der Waals surface area contributed by atoms with E-state index in [1.807, 2.05) is 13.0 Å². The van der Waals surface area contributed by atoms with E-state index in [4.69, 9.17) is 4.74 Å². The molecular formula is C16H14N2O5S2. The van der Waals surface area contributed by atoms with Crippen molar-refractivity contribution in [2.45, 2.75) is 11.8 Å². The first-order valence-electron chi connectivity index (χ1n) is 7.29. The summed E-state index contributed by atoms with van der Waals surface area (Å²) in [7, 11) is -4.50. The van der Waals surface area contributed by atoms with Crippen LogP contribution < -0.4 is 10.1 Å². The SMILES string of the molecule is CCOc1ccc2nc(NC(=O)c3ccccc3S(=O)(=O)O)sc2c1. The molecule has 0 radical (unpaired) electrons. The topological polar surface area (TPSA) is 106 Å². The lowest BCUT2D eigenvalue weighted by Crippen LogP contribution is -2.16. The smallest absolute Gasteiger partial charge is 0.295 e. The predicted octanol–water partition coefficient (Wildman–Crippen LogP) is 3.19. The lowest BCUT2D eigenvalue weighted by atomic mass is 10.2. The van der Waals surface area contributed by atoms with Crippen molar-refractivity contribution >= 4 is 42.7 Å². The van der Waals surface area contributed by atoms with Crippen molar-refractivity contribution in [2.75, 3.05) is 11.9 Å². The van der Waals surface area contributed by atoms with Crippen molar-refractivity contribution < 1.29 is 22.5 Å². The van der Waals surface area contributed by atoms with Crippen molar-refractivity contribution in [1.29, 1.82) is 0 Å². The molecule has 130 valence electrons. The highest BCUT2D eigenvalue weighted by atomic mass is 32.2. The number of nitrogens with zero attached hydrogens (tertiary/aromatic N) is 1. The van der Waals surface area contributed by atoms with Gasteiger partial charge in [-0.1, -0.05) is 23.5 Å². The normalized spacial score (nSPS) is 11.4. The maximum Gasteiger partial charge on any atom is 0.295 e. The van der Waals surface area contributed by atoms with Crippen LogP contribution in [0.15, 0.2) is 47.4 Å². The summed E-state index contributed by atoms with van der Waals surface area (Å²) in [4.78, 5) is 16.2. The number of anilines is 1. The van der Waals surface area contributed by atoms with Crippen molar-refractivity contribution in [3.05, 3.63) is 48.0 Å². The summed E-state index contributed by atoms with van der Waals surface area (Å²) in [5.74, 6) is 0.0329. The fourth-order valence-electron chi connectivity index (χ4n) is 2.26. The minimum Gasteiger partial charge on any atom is -0.494 e. The molecule has 2 aromatic carbocycles. The number of aromatic nitrogens is 1. The Morgan fingerprint density at radius 1 is 1.28 bits per heavy atom. The van der Waals surface area contributed by atoms with Gasteiger partial charge in [0.15, 0.2) is 5.13 Å². The van der Waals surface area contributed by atoms with Gasteiger partial charge >= 0.3 is 0 Å². The molecule has 0 bridgehead atoms. The summed E-state index contributed by atoms with van der Waals surface area (Å²) in [5.41, 5.74) is 0.533. The average Bonchev–Trinajstić information content (AvgIpc) is 2.96. The van der Waals surface area contributed by atoms with Gasteiger partial charge in [-0.05, 0) is 37.3 Å². The van der Waals surface area contributed by atoms with Gasteiger partial charge in [0, 0.05) is 0 Å². The van der Waals surface area contributed by atoms with Crippen LogP contribution in [0.5, 0.6) is 5.75 Å². The number of ether oxygens (including phenoxy) is 1. The monoisotopic (exact) mass is 378 g/mol. The zero-order valence-electron chi connectivity index (χ0n) is 13.1. The quantitative estimate of drug-likeness (QED) is 0.661. The van der Waals surface area contributed by atoms with Crippen molar-refractivity contribution in [2.24, 2.45) is 0 Å². The summed E-state index contributed by atoms with van der Waals surface area (Å²) >= 11 is 1.24. The maximum atomic E-state index is 12.4. The molecule has 0 spiro atoms. The second-order valence-electron chi connectivity index (χ2n) is 5.01. The second-order valence-corrected chi connectivity index (χ2v) is 7.43. The zero-order chi connectivity index (χ0) is 18.0. The Bertz CT molecular complexity index is 1040. The van der Waals surface area contributed by atoms with Crippen molar-refractivity contribution in [1.82, 2.24) is 4.98 Å². The molecule has 0 fully saturated rings. The van der Waals surface area contributed by atoms with Gasteiger partial charge in [0.05, 0.1) is 22.4 Å². The number of hydrogen-bond acceptors (Lipinski definition) is 6. The van der Waals surface area contributed by atoms with Gasteiger partial charge in [-0.3, -0.25) is 14.7 Å². The molecule has 2 N–H and O–H groups in total. The van der Waals surface area contributed by atoms with Gasteiger partial charge < -0.3 is 4.74 Å². The molecule has 0 aliphatic heterocycles. The Morgan fingerprint density at radius 3 is 2.76 bits per heavy atom. The molecule has 0 aliphatic rings. The number of thiazole rings is 1. The van der Waals surface area contributed by atoms with Crippen molar-refractivity contribution in [3.8, 4) is 5.75 Å². The third kappa shape index (κ3) is 3.78. The first-order valence-corrected chi connectivity index (χ1v) is 9.55. The molecule has 1 heterocycles. The van der Waals surface area contributed by atoms with Gasteiger partial charge in [-0.2, -0.15) is 8.42 Å². The fraction of sp³-hybridized carbons (Fsp3) is 0.125. The van der Waals surface area contributed by atoms with E-state index in [1.165, 1.54) is 29.5 Å². The van der Waals surface area contributed by atoms with Crippen LogP contribution in [0.4, 0.5) is 5.13 Å². The van der Waals surface area contributed by atoms with E-state index in [9.17, 15) is 17.8 Å². The Hall–Kier alpha value is -2.49. The van der Waals surface area contributed by atoms with Crippen LogP contribution in [0.25, 0.3) is 10.2 Å². The third-order valence-corrected chi connectivity index (χ3v) is 5.15. The zero-order valence-corrected chi connectivity index (χ0v) is 14.7. The van der Waals surface area contributed by atoms with Crippen LogP contribution >= 0.6 is 11.3 Å². The van der Waals surface area contributed by atoms with E-state index in [0.29, 0.717) is 23.0 Å². The first-order chi connectivity index (χ1) is 11.9. The second kappa shape index (κ2) is 6.79. The van der Waals surface area contributed by atoms with E-state index in [-0.39, 0.29) is 5.56 Å². The van der Waals surface area contributed by atoms with Crippen LogP contribution in [0.1, 0.15) is 17.3 Å². The maximum absolute atomic E-state index is 12.4. The van der Waals surface area contributed by atoms with Crippen LogP contribution in [0.3, 0.4) is 0 Å². The van der Waals surface area contributed by atoms with Gasteiger partial charge in [0.2, 0.25) is 0 Å². The number of nitrogens with one attached hydrogen (secondary N) is 1. The first kappa shape index (κ1) is 17.3. The molecule has 7 nitrogen and oxygen atoms in total. The molecule has 0 saturated carbocycles. The lowest BCUT2D eigenvalue weighted by molar-refractivity contribution is 0.102. The molecule has 0 aliphatic carbocycles. The summed E-state index contributed by atoms with van der Waals surface area (Å²) < 4.78 is 38.3.